The standard InChI is InChI=1S/C20H21N3O3S2/c1-12-7-13(2)9-16(8-12)21-19(24)14-3-5-15(6-4-14)22-20-23-17-10-28(25,26)11-18(17)27-20/h3-9,17-18H,10-11H2,1-2H3,(H,21,24)(H,22,23)/t17-,18-/m0/s1. The summed E-state index contributed by atoms with van der Waals surface area (Å²) < 4.78 is 23.3. The van der Waals surface area contributed by atoms with Crippen LogP contribution in [-0.2, 0) is 9.84 Å². The number of aliphatic imine (C=N–C) groups is 1. The first kappa shape index (κ1) is 19.0. The summed E-state index contributed by atoms with van der Waals surface area (Å²) in [5.41, 5.74) is 4.36. The van der Waals surface area contributed by atoms with Crippen LogP contribution in [0.1, 0.15) is 21.5 Å². The maximum absolute atomic E-state index is 12.5. The van der Waals surface area contributed by atoms with Crippen LogP contribution in [0.25, 0.3) is 0 Å². The van der Waals surface area contributed by atoms with Crippen LogP contribution < -0.4 is 10.6 Å². The maximum atomic E-state index is 12.5. The van der Waals surface area contributed by atoms with E-state index >= 15 is 0 Å². The zero-order chi connectivity index (χ0) is 19.9. The largest absolute Gasteiger partial charge is 0.335 e. The minimum Gasteiger partial charge on any atom is -0.335 e. The van der Waals surface area contributed by atoms with E-state index in [1.54, 1.807) is 12.1 Å². The fraction of sp³-hybridized carbons (Fsp3) is 0.300. The molecule has 0 aromatic heterocycles. The monoisotopic (exact) mass is 415 g/mol. The Hall–Kier alpha value is -2.32. The van der Waals surface area contributed by atoms with E-state index in [1.165, 1.54) is 11.8 Å². The number of hydrogen-bond acceptors (Lipinski definition) is 6. The molecule has 1 amide bonds. The highest BCUT2D eigenvalue weighted by molar-refractivity contribution is 8.15. The summed E-state index contributed by atoms with van der Waals surface area (Å²) in [6, 6.07) is 12.9. The quantitative estimate of drug-likeness (QED) is 0.804. The molecule has 8 heteroatoms. The number of hydrogen-bond donors (Lipinski definition) is 2. The summed E-state index contributed by atoms with van der Waals surface area (Å²) in [7, 11) is -2.95. The molecule has 2 atom stereocenters. The summed E-state index contributed by atoms with van der Waals surface area (Å²) in [6.45, 7) is 3.99. The van der Waals surface area contributed by atoms with Gasteiger partial charge < -0.3 is 10.6 Å². The molecule has 2 aromatic carbocycles. The van der Waals surface area contributed by atoms with Crippen molar-refractivity contribution in [3.05, 3.63) is 59.2 Å². The third-order valence-electron chi connectivity index (χ3n) is 4.70. The van der Waals surface area contributed by atoms with Crippen molar-refractivity contribution in [1.82, 2.24) is 0 Å². The van der Waals surface area contributed by atoms with Crippen LogP contribution in [0.2, 0.25) is 0 Å². The highest BCUT2D eigenvalue weighted by Gasteiger charge is 2.42. The van der Waals surface area contributed by atoms with Crippen molar-refractivity contribution in [3.8, 4) is 0 Å². The zero-order valence-electron chi connectivity index (χ0n) is 15.6. The maximum Gasteiger partial charge on any atom is 0.255 e. The molecule has 0 spiro atoms. The number of nitrogens with zero attached hydrogens (tertiary/aromatic N) is 1. The number of carbonyl (C=O) groups excluding carboxylic acids is 1. The van der Waals surface area contributed by atoms with E-state index in [9.17, 15) is 13.2 Å². The van der Waals surface area contributed by atoms with Crippen molar-refractivity contribution in [1.29, 1.82) is 0 Å². The lowest BCUT2D eigenvalue weighted by Crippen LogP contribution is -2.13. The van der Waals surface area contributed by atoms with Gasteiger partial charge in [-0.15, -0.1) is 0 Å². The SMILES string of the molecule is Cc1cc(C)cc(NC(=O)c2ccc(NC3=N[C@H]4CS(=O)(=O)C[C@@H]4S3)cc2)c1. The first-order valence-electron chi connectivity index (χ1n) is 8.99. The predicted octanol–water partition coefficient (Wildman–Crippen LogP) is 3.24. The number of thioether (sulfide) groups is 1. The molecule has 0 saturated carbocycles. The van der Waals surface area contributed by atoms with Gasteiger partial charge in [0, 0.05) is 22.2 Å². The summed E-state index contributed by atoms with van der Waals surface area (Å²) in [6.07, 6.45) is 0. The van der Waals surface area contributed by atoms with Gasteiger partial charge in [0.1, 0.15) is 0 Å². The molecule has 2 N–H and O–H groups in total. The third-order valence-corrected chi connectivity index (χ3v) is 7.84. The van der Waals surface area contributed by atoms with Crippen LogP contribution in [0.3, 0.4) is 0 Å². The first-order valence-corrected chi connectivity index (χ1v) is 11.7. The molecule has 0 radical (unpaired) electrons. The van der Waals surface area contributed by atoms with Gasteiger partial charge in [-0.05, 0) is 61.4 Å². The van der Waals surface area contributed by atoms with Gasteiger partial charge in [0.05, 0.1) is 17.5 Å². The van der Waals surface area contributed by atoms with Crippen molar-refractivity contribution in [2.75, 3.05) is 22.1 Å². The second kappa shape index (κ2) is 7.25. The van der Waals surface area contributed by atoms with Crippen molar-refractivity contribution >= 4 is 44.0 Å². The van der Waals surface area contributed by atoms with E-state index in [1.807, 2.05) is 38.1 Å². The molecular weight excluding hydrogens is 394 g/mol. The van der Waals surface area contributed by atoms with E-state index in [-0.39, 0.29) is 28.7 Å². The Morgan fingerprint density at radius 1 is 1.04 bits per heavy atom. The summed E-state index contributed by atoms with van der Waals surface area (Å²) in [5.74, 6) is 0.158. The second-order valence-corrected chi connectivity index (χ2v) is 10.6. The van der Waals surface area contributed by atoms with E-state index < -0.39 is 9.84 Å². The van der Waals surface area contributed by atoms with Crippen LogP contribution in [0.15, 0.2) is 47.5 Å². The zero-order valence-corrected chi connectivity index (χ0v) is 17.2. The van der Waals surface area contributed by atoms with Crippen LogP contribution in [0, 0.1) is 13.8 Å². The van der Waals surface area contributed by atoms with Gasteiger partial charge in [0.2, 0.25) is 0 Å². The number of carbonyl (C=O) groups is 1. The van der Waals surface area contributed by atoms with E-state index in [4.69, 9.17) is 0 Å². The lowest BCUT2D eigenvalue weighted by Gasteiger charge is -2.09. The molecule has 1 saturated heterocycles. The van der Waals surface area contributed by atoms with E-state index in [0.29, 0.717) is 5.56 Å². The summed E-state index contributed by atoms with van der Waals surface area (Å²) in [4.78, 5) is 17.0. The van der Waals surface area contributed by atoms with Crippen molar-refractivity contribution in [2.45, 2.75) is 25.1 Å². The van der Waals surface area contributed by atoms with Gasteiger partial charge in [0.25, 0.3) is 5.91 Å². The molecule has 0 unspecified atom stereocenters. The topological polar surface area (TPSA) is 87.6 Å². The lowest BCUT2D eigenvalue weighted by molar-refractivity contribution is 0.102. The first-order chi connectivity index (χ1) is 13.3. The molecule has 146 valence electrons. The van der Waals surface area contributed by atoms with Crippen LogP contribution >= 0.6 is 11.8 Å². The normalized spacial score (nSPS) is 22.4. The molecular formula is C20H21N3O3S2. The van der Waals surface area contributed by atoms with Crippen LogP contribution in [0.5, 0.6) is 0 Å². The molecule has 0 bridgehead atoms. The van der Waals surface area contributed by atoms with Gasteiger partial charge in [-0.1, -0.05) is 17.8 Å². The number of fused-ring (bicyclic) bond motifs is 1. The third kappa shape index (κ3) is 4.23. The number of rotatable bonds is 3. The highest BCUT2D eigenvalue weighted by Crippen LogP contribution is 2.34. The minimum absolute atomic E-state index is 0.00957. The van der Waals surface area contributed by atoms with Crippen molar-refractivity contribution in [3.63, 3.8) is 0 Å². The molecule has 1 fully saturated rings. The van der Waals surface area contributed by atoms with Crippen molar-refractivity contribution in [2.24, 2.45) is 4.99 Å². The second-order valence-electron chi connectivity index (χ2n) is 7.27. The van der Waals surface area contributed by atoms with Gasteiger partial charge in [-0.2, -0.15) is 0 Å². The number of amides is 1. The molecule has 2 aliphatic heterocycles. The fourth-order valence-corrected chi connectivity index (χ4v) is 7.17. The fourth-order valence-electron chi connectivity index (χ4n) is 3.49. The highest BCUT2D eigenvalue weighted by atomic mass is 32.2. The van der Waals surface area contributed by atoms with Crippen LogP contribution in [0.4, 0.5) is 11.4 Å². The van der Waals surface area contributed by atoms with Gasteiger partial charge in [-0.3, -0.25) is 9.79 Å². The number of benzene rings is 2. The lowest BCUT2D eigenvalue weighted by atomic mass is 10.1. The van der Waals surface area contributed by atoms with Gasteiger partial charge in [-0.25, -0.2) is 8.42 Å². The smallest absolute Gasteiger partial charge is 0.255 e. The summed E-state index contributed by atoms with van der Waals surface area (Å²) >= 11 is 1.47. The minimum atomic E-state index is -2.95. The van der Waals surface area contributed by atoms with Crippen LogP contribution in [-0.4, -0.2) is 42.3 Å². The molecule has 6 nitrogen and oxygen atoms in total. The molecule has 2 aromatic rings. The molecule has 0 aliphatic carbocycles. The van der Waals surface area contributed by atoms with Crippen molar-refractivity contribution < 1.29 is 13.2 Å². The van der Waals surface area contributed by atoms with E-state index in [0.717, 1.165) is 27.7 Å². The molecule has 2 heterocycles. The number of amidine groups is 1. The molecule has 28 heavy (non-hydrogen) atoms. The van der Waals surface area contributed by atoms with Gasteiger partial charge in [0.15, 0.2) is 15.0 Å². The number of anilines is 2. The molecule has 2 aliphatic rings. The number of sulfone groups is 1. The Balaban J connectivity index is 1.39. The predicted molar refractivity (Wildman–Crippen MR) is 115 cm³/mol. The van der Waals surface area contributed by atoms with Gasteiger partial charge >= 0.3 is 0 Å². The molecule has 4 rings (SSSR count). The average molecular weight is 416 g/mol. The Labute approximate surface area is 168 Å². The Morgan fingerprint density at radius 3 is 2.36 bits per heavy atom. The Morgan fingerprint density at radius 2 is 1.71 bits per heavy atom. The Bertz CT molecular complexity index is 1040. The number of aryl methyl sites for hydroxylation is 2. The average Bonchev–Trinajstić information content (AvgIpc) is 3.07. The Kier molecular flexibility index (Phi) is 4.93. The summed E-state index contributed by atoms with van der Waals surface area (Å²) in [5, 5.41) is 6.88. The van der Waals surface area contributed by atoms with E-state index in [2.05, 4.69) is 21.7 Å². The number of nitrogens with one attached hydrogen (secondary N) is 2.